The molecular formula is C23H26N2O2S. The van der Waals surface area contributed by atoms with E-state index in [2.05, 4.69) is 24.3 Å². The van der Waals surface area contributed by atoms with Crippen LogP contribution in [0.1, 0.15) is 28.8 Å². The molecule has 1 unspecified atom stereocenters. The third-order valence-corrected chi connectivity index (χ3v) is 6.75. The molecule has 2 aliphatic rings. The lowest BCUT2D eigenvalue weighted by atomic mass is 9.90. The Hall–Kier alpha value is -2.27. The predicted octanol–water partition coefficient (Wildman–Crippen LogP) is 3.68. The number of carbonyl (C=O) groups is 2. The molecule has 0 aromatic heterocycles. The fraction of sp³-hybridized carbons (Fsp3) is 0.391. The normalized spacial score (nSPS) is 20.4. The molecule has 146 valence electrons. The van der Waals surface area contributed by atoms with Crippen molar-refractivity contribution in [3.05, 3.63) is 71.8 Å². The zero-order chi connectivity index (χ0) is 19.3. The van der Waals surface area contributed by atoms with E-state index in [-0.39, 0.29) is 17.9 Å². The molecule has 0 N–H and O–H groups in total. The average molecular weight is 395 g/mol. The highest BCUT2D eigenvalue weighted by atomic mass is 32.2. The number of piperidine rings is 1. The van der Waals surface area contributed by atoms with E-state index in [1.54, 1.807) is 16.7 Å². The first-order chi connectivity index (χ1) is 13.7. The van der Waals surface area contributed by atoms with Gasteiger partial charge < -0.3 is 9.80 Å². The fourth-order valence-electron chi connectivity index (χ4n) is 4.11. The maximum Gasteiger partial charge on any atom is 0.255 e. The molecule has 2 fully saturated rings. The number of carbonyl (C=O) groups excluding carboxylic acids is 2. The molecule has 2 saturated heterocycles. The number of benzene rings is 2. The van der Waals surface area contributed by atoms with Gasteiger partial charge in [0.2, 0.25) is 5.91 Å². The number of likely N-dealkylation sites (tertiary alicyclic amines) is 1. The van der Waals surface area contributed by atoms with Crippen molar-refractivity contribution in [2.24, 2.45) is 5.92 Å². The third-order valence-electron chi connectivity index (χ3n) is 5.74. The van der Waals surface area contributed by atoms with E-state index in [0.717, 1.165) is 32.4 Å². The van der Waals surface area contributed by atoms with Crippen molar-refractivity contribution in [1.29, 1.82) is 0 Å². The van der Waals surface area contributed by atoms with Crippen LogP contribution < -0.4 is 0 Å². The van der Waals surface area contributed by atoms with Gasteiger partial charge >= 0.3 is 0 Å². The van der Waals surface area contributed by atoms with Crippen LogP contribution in [0.2, 0.25) is 0 Å². The van der Waals surface area contributed by atoms with Gasteiger partial charge in [0.15, 0.2) is 0 Å². The molecule has 0 aliphatic carbocycles. The van der Waals surface area contributed by atoms with Crippen molar-refractivity contribution in [3.63, 3.8) is 0 Å². The summed E-state index contributed by atoms with van der Waals surface area (Å²) < 4.78 is 0. The second-order valence-corrected chi connectivity index (χ2v) is 8.61. The summed E-state index contributed by atoms with van der Waals surface area (Å²) in [7, 11) is 0. The van der Waals surface area contributed by atoms with E-state index >= 15 is 0 Å². The minimum atomic E-state index is -0.330. The van der Waals surface area contributed by atoms with Crippen LogP contribution in [-0.4, -0.2) is 52.4 Å². The molecule has 1 atom stereocenters. The summed E-state index contributed by atoms with van der Waals surface area (Å²) in [5, 5.41) is 0. The lowest BCUT2D eigenvalue weighted by Crippen LogP contribution is -2.51. The highest BCUT2D eigenvalue weighted by molar-refractivity contribution is 7.99. The number of hydrogen-bond donors (Lipinski definition) is 0. The number of hydrogen-bond acceptors (Lipinski definition) is 3. The second-order valence-electron chi connectivity index (χ2n) is 7.62. The largest absolute Gasteiger partial charge is 0.341 e. The average Bonchev–Trinajstić information content (AvgIpc) is 3.24. The van der Waals surface area contributed by atoms with E-state index in [1.165, 1.54) is 5.56 Å². The maximum atomic E-state index is 13.1. The van der Waals surface area contributed by atoms with E-state index in [4.69, 9.17) is 0 Å². The Balaban J connectivity index is 1.35. The molecule has 0 saturated carbocycles. The topological polar surface area (TPSA) is 40.6 Å². The van der Waals surface area contributed by atoms with E-state index in [1.807, 2.05) is 41.3 Å². The Morgan fingerprint density at radius 1 is 0.929 bits per heavy atom. The van der Waals surface area contributed by atoms with Crippen molar-refractivity contribution in [3.8, 4) is 0 Å². The molecule has 0 bridgehead atoms. The van der Waals surface area contributed by atoms with Crippen molar-refractivity contribution in [1.82, 2.24) is 9.80 Å². The molecular weight excluding hydrogens is 368 g/mol. The summed E-state index contributed by atoms with van der Waals surface area (Å²) in [5.41, 5.74) is 2.03. The van der Waals surface area contributed by atoms with Gasteiger partial charge in [-0.2, -0.15) is 0 Å². The molecule has 0 spiro atoms. The summed E-state index contributed by atoms with van der Waals surface area (Å²) >= 11 is 1.67. The summed E-state index contributed by atoms with van der Waals surface area (Å²) in [6.07, 6.45) is 3.15. The zero-order valence-electron chi connectivity index (χ0n) is 16.0. The summed E-state index contributed by atoms with van der Waals surface area (Å²) in [4.78, 5) is 29.7. The van der Waals surface area contributed by atoms with Crippen LogP contribution in [0.4, 0.5) is 0 Å². The van der Waals surface area contributed by atoms with Crippen molar-refractivity contribution in [2.45, 2.75) is 25.3 Å². The van der Waals surface area contributed by atoms with Crippen LogP contribution in [-0.2, 0) is 11.2 Å². The number of amides is 2. The Morgan fingerprint density at radius 2 is 1.57 bits per heavy atom. The van der Waals surface area contributed by atoms with Crippen LogP contribution in [0.15, 0.2) is 60.7 Å². The van der Waals surface area contributed by atoms with Crippen LogP contribution in [0.3, 0.4) is 0 Å². The molecule has 5 heteroatoms. The number of nitrogens with zero attached hydrogens (tertiary/aromatic N) is 2. The smallest absolute Gasteiger partial charge is 0.255 e. The van der Waals surface area contributed by atoms with Gasteiger partial charge in [-0.3, -0.25) is 9.59 Å². The summed E-state index contributed by atoms with van der Waals surface area (Å²) in [6, 6.07) is 19.5. The van der Waals surface area contributed by atoms with Gasteiger partial charge in [-0.15, -0.1) is 11.8 Å². The maximum absolute atomic E-state index is 13.1. The van der Waals surface area contributed by atoms with Gasteiger partial charge in [-0.05, 0) is 42.9 Å². The van der Waals surface area contributed by atoms with Crippen LogP contribution in [0, 0.1) is 5.92 Å². The lowest BCUT2D eigenvalue weighted by Gasteiger charge is -2.35. The molecule has 4 rings (SSSR count). The first-order valence-corrected chi connectivity index (χ1v) is 11.1. The Morgan fingerprint density at radius 3 is 2.25 bits per heavy atom. The number of thioether (sulfide) groups is 1. The van der Waals surface area contributed by atoms with Crippen molar-refractivity contribution < 1.29 is 9.59 Å². The molecule has 0 radical (unpaired) electrons. The minimum Gasteiger partial charge on any atom is -0.341 e. The van der Waals surface area contributed by atoms with Crippen LogP contribution >= 0.6 is 11.8 Å². The molecule has 28 heavy (non-hydrogen) atoms. The van der Waals surface area contributed by atoms with E-state index in [9.17, 15) is 9.59 Å². The van der Waals surface area contributed by atoms with Gasteiger partial charge in [0.25, 0.3) is 5.91 Å². The van der Waals surface area contributed by atoms with Gasteiger partial charge in [0.05, 0.1) is 5.88 Å². The minimum absolute atomic E-state index is 0.0390. The SMILES string of the molecule is O=C(C1CSCN1C(=O)c1ccccc1)N1CCC(Cc2ccccc2)CC1. The van der Waals surface area contributed by atoms with Crippen molar-refractivity contribution in [2.75, 3.05) is 24.7 Å². The third kappa shape index (κ3) is 4.25. The molecule has 2 aromatic rings. The fourth-order valence-corrected chi connectivity index (χ4v) is 5.25. The van der Waals surface area contributed by atoms with Gasteiger partial charge in [-0.25, -0.2) is 0 Å². The Labute approximate surface area is 170 Å². The summed E-state index contributed by atoms with van der Waals surface area (Å²) in [6.45, 7) is 1.59. The van der Waals surface area contributed by atoms with Crippen LogP contribution in [0.5, 0.6) is 0 Å². The number of rotatable bonds is 4. The monoisotopic (exact) mass is 394 g/mol. The molecule has 2 aliphatic heterocycles. The van der Waals surface area contributed by atoms with E-state index < -0.39 is 0 Å². The standard InChI is InChI=1S/C23H26N2O2S/c26-22(20-9-5-2-6-10-20)25-17-28-16-21(25)23(27)24-13-11-19(12-14-24)15-18-7-3-1-4-8-18/h1-10,19,21H,11-17H2. The first kappa shape index (κ1) is 19.1. The van der Waals surface area contributed by atoms with Gasteiger partial charge in [0, 0.05) is 24.4 Å². The lowest BCUT2D eigenvalue weighted by molar-refractivity contribution is -0.136. The highest BCUT2D eigenvalue weighted by Crippen LogP contribution is 2.27. The Bertz CT molecular complexity index is 804. The molecule has 2 heterocycles. The zero-order valence-corrected chi connectivity index (χ0v) is 16.8. The van der Waals surface area contributed by atoms with Crippen LogP contribution in [0.25, 0.3) is 0 Å². The van der Waals surface area contributed by atoms with E-state index in [0.29, 0.717) is 23.1 Å². The highest BCUT2D eigenvalue weighted by Gasteiger charge is 2.38. The predicted molar refractivity (Wildman–Crippen MR) is 113 cm³/mol. The van der Waals surface area contributed by atoms with Gasteiger partial charge in [0.1, 0.15) is 6.04 Å². The quantitative estimate of drug-likeness (QED) is 0.794. The summed E-state index contributed by atoms with van der Waals surface area (Å²) in [5.74, 6) is 2.00. The molecule has 2 aromatic carbocycles. The van der Waals surface area contributed by atoms with Crippen molar-refractivity contribution >= 4 is 23.6 Å². The first-order valence-electron chi connectivity index (χ1n) is 9.99. The van der Waals surface area contributed by atoms with Gasteiger partial charge in [-0.1, -0.05) is 48.5 Å². The molecule has 4 nitrogen and oxygen atoms in total. The second kappa shape index (κ2) is 8.82. The molecule has 2 amide bonds. The Kier molecular flexibility index (Phi) is 6.01.